The van der Waals surface area contributed by atoms with Gasteiger partial charge in [-0.05, 0) is 48.7 Å². The van der Waals surface area contributed by atoms with Crippen LogP contribution in [-0.2, 0) is 9.59 Å². The Kier molecular flexibility index (Phi) is 5.38. The Morgan fingerprint density at radius 1 is 1.07 bits per heavy atom. The molecular formula is C22H19N2O6-. The minimum atomic E-state index is -1.31. The fourth-order valence-electron chi connectivity index (χ4n) is 3.51. The standard InChI is InChI=1S/C22H20N2O6/c25-20(15-5-2-1-3-6-15)23-16(21(26)24-10-4-7-17(24)22(27)28)11-14-8-9-18-19(12-14)30-13-29-18/h1-3,5-6,8-9,11-12,17H,4,7,10,13H2,(H,23,25)(H,27,28)/p-1/b16-11+/t17-/m1/s1. The van der Waals surface area contributed by atoms with E-state index in [9.17, 15) is 19.5 Å². The van der Waals surface area contributed by atoms with Gasteiger partial charge < -0.3 is 29.6 Å². The van der Waals surface area contributed by atoms with Crippen LogP contribution in [0, 0.1) is 0 Å². The molecule has 1 fully saturated rings. The highest BCUT2D eigenvalue weighted by Crippen LogP contribution is 2.33. The van der Waals surface area contributed by atoms with Crippen LogP contribution in [0.5, 0.6) is 11.5 Å². The lowest BCUT2D eigenvalue weighted by molar-refractivity contribution is -0.310. The number of hydrogen-bond donors (Lipinski definition) is 1. The zero-order chi connectivity index (χ0) is 21.1. The summed E-state index contributed by atoms with van der Waals surface area (Å²) in [5.74, 6) is -1.25. The van der Waals surface area contributed by atoms with Gasteiger partial charge in [-0.1, -0.05) is 24.3 Å². The molecule has 2 amide bonds. The van der Waals surface area contributed by atoms with E-state index in [2.05, 4.69) is 5.32 Å². The summed E-state index contributed by atoms with van der Waals surface area (Å²) in [4.78, 5) is 38.5. The number of hydrogen-bond acceptors (Lipinski definition) is 6. The number of carboxylic acid groups (broad SMARTS) is 1. The minimum Gasteiger partial charge on any atom is -0.548 e. The van der Waals surface area contributed by atoms with Crippen molar-refractivity contribution in [2.24, 2.45) is 0 Å². The lowest BCUT2D eigenvalue weighted by atomic mass is 10.1. The molecule has 1 atom stereocenters. The third-order valence-electron chi connectivity index (χ3n) is 5.01. The predicted octanol–water partition coefficient (Wildman–Crippen LogP) is 0.927. The number of likely N-dealkylation sites (tertiary alicyclic amines) is 1. The zero-order valence-electron chi connectivity index (χ0n) is 16.0. The molecule has 30 heavy (non-hydrogen) atoms. The van der Waals surface area contributed by atoms with Crippen molar-refractivity contribution in [3.05, 3.63) is 65.4 Å². The van der Waals surface area contributed by atoms with Gasteiger partial charge in [-0.15, -0.1) is 0 Å². The van der Waals surface area contributed by atoms with Crippen LogP contribution in [0.2, 0.25) is 0 Å². The van der Waals surface area contributed by atoms with Crippen molar-refractivity contribution in [3.8, 4) is 11.5 Å². The van der Waals surface area contributed by atoms with Crippen LogP contribution in [-0.4, -0.2) is 42.1 Å². The summed E-state index contributed by atoms with van der Waals surface area (Å²) < 4.78 is 10.6. The molecule has 0 spiro atoms. The van der Waals surface area contributed by atoms with E-state index >= 15 is 0 Å². The van der Waals surface area contributed by atoms with E-state index in [1.165, 1.54) is 11.0 Å². The third kappa shape index (κ3) is 3.98. The molecule has 2 aromatic carbocycles. The van der Waals surface area contributed by atoms with Gasteiger partial charge >= 0.3 is 0 Å². The lowest BCUT2D eigenvalue weighted by Crippen LogP contribution is -2.49. The second kappa shape index (κ2) is 8.28. The number of nitrogens with zero attached hydrogens (tertiary/aromatic N) is 1. The summed E-state index contributed by atoms with van der Waals surface area (Å²) in [6, 6.07) is 12.5. The van der Waals surface area contributed by atoms with Gasteiger partial charge in [-0.2, -0.15) is 0 Å². The van der Waals surface area contributed by atoms with Crippen molar-refractivity contribution in [2.45, 2.75) is 18.9 Å². The highest BCUT2D eigenvalue weighted by atomic mass is 16.7. The molecule has 2 aromatic rings. The van der Waals surface area contributed by atoms with Crippen LogP contribution < -0.4 is 19.9 Å². The van der Waals surface area contributed by atoms with Gasteiger partial charge in [0.05, 0.1) is 12.0 Å². The van der Waals surface area contributed by atoms with Crippen molar-refractivity contribution in [3.63, 3.8) is 0 Å². The molecule has 8 heteroatoms. The monoisotopic (exact) mass is 407 g/mol. The number of carbonyl (C=O) groups is 3. The maximum absolute atomic E-state index is 13.2. The van der Waals surface area contributed by atoms with Gasteiger partial charge in [0.2, 0.25) is 6.79 Å². The first kappa shape index (κ1) is 19.5. The molecule has 0 aliphatic carbocycles. The smallest absolute Gasteiger partial charge is 0.270 e. The summed E-state index contributed by atoms with van der Waals surface area (Å²) >= 11 is 0. The molecule has 8 nitrogen and oxygen atoms in total. The Balaban J connectivity index is 1.66. The van der Waals surface area contributed by atoms with E-state index in [1.807, 2.05) is 0 Å². The van der Waals surface area contributed by atoms with Gasteiger partial charge in [-0.25, -0.2) is 0 Å². The van der Waals surface area contributed by atoms with Gasteiger partial charge in [0.15, 0.2) is 11.5 Å². The molecule has 2 aliphatic rings. The van der Waals surface area contributed by atoms with Crippen LogP contribution in [0.15, 0.2) is 54.2 Å². The zero-order valence-corrected chi connectivity index (χ0v) is 16.0. The minimum absolute atomic E-state index is 0.0316. The third-order valence-corrected chi connectivity index (χ3v) is 5.01. The van der Waals surface area contributed by atoms with E-state index in [4.69, 9.17) is 9.47 Å². The second-order valence-corrected chi connectivity index (χ2v) is 6.97. The summed E-state index contributed by atoms with van der Waals surface area (Å²) in [7, 11) is 0. The molecule has 0 saturated carbocycles. The normalized spacial score (nSPS) is 17.7. The SMILES string of the molecule is O=C(N/C(=C/c1ccc2c(c1)OCO2)C(=O)N1CCC[C@@H]1C(=O)[O-])c1ccccc1. The molecule has 1 saturated heterocycles. The van der Waals surface area contributed by atoms with E-state index in [0.717, 1.165) is 0 Å². The number of fused-ring (bicyclic) bond motifs is 1. The number of ether oxygens (including phenoxy) is 2. The quantitative estimate of drug-likeness (QED) is 0.739. The number of nitrogens with one attached hydrogen (secondary N) is 1. The van der Waals surface area contributed by atoms with Gasteiger partial charge in [0.1, 0.15) is 5.70 Å². The van der Waals surface area contributed by atoms with Crippen molar-refractivity contribution in [1.29, 1.82) is 0 Å². The summed E-state index contributed by atoms with van der Waals surface area (Å²) in [6.07, 6.45) is 2.36. The van der Waals surface area contributed by atoms with Crippen LogP contribution in [0.4, 0.5) is 0 Å². The summed E-state index contributed by atoms with van der Waals surface area (Å²) in [6.45, 7) is 0.386. The number of carboxylic acids is 1. The first-order valence-corrected chi connectivity index (χ1v) is 9.52. The highest BCUT2D eigenvalue weighted by molar-refractivity contribution is 6.06. The first-order chi connectivity index (χ1) is 14.5. The number of carbonyl (C=O) groups excluding carboxylic acids is 3. The van der Waals surface area contributed by atoms with Crippen LogP contribution in [0.25, 0.3) is 6.08 Å². The van der Waals surface area contributed by atoms with Gasteiger partial charge in [-0.3, -0.25) is 9.59 Å². The number of benzene rings is 2. The summed E-state index contributed by atoms with van der Waals surface area (Å²) in [5, 5.41) is 14.1. The predicted molar refractivity (Wildman–Crippen MR) is 104 cm³/mol. The van der Waals surface area contributed by atoms with Crippen molar-refractivity contribution < 1.29 is 29.0 Å². The molecule has 0 unspecified atom stereocenters. The number of aliphatic carboxylic acids is 1. The van der Waals surface area contributed by atoms with E-state index < -0.39 is 23.8 Å². The average molecular weight is 407 g/mol. The van der Waals surface area contributed by atoms with E-state index in [1.54, 1.807) is 48.5 Å². The molecule has 0 bridgehead atoms. The first-order valence-electron chi connectivity index (χ1n) is 9.52. The molecular weight excluding hydrogens is 388 g/mol. The molecule has 4 rings (SSSR count). The van der Waals surface area contributed by atoms with Crippen LogP contribution >= 0.6 is 0 Å². The van der Waals surface area contributed by atoms with Crippen molar-refractivity contribution in [2.75, 3.05) is 13.3 Å². The average Bonchev–Trinajstić information content (AvgIpc) is 3.42. The fourth-order valence-corrected chi connectivity index (χ4v) is 3.51. The lowest BCUT2D eigenvalue weighted by Gasteiger charge is -2.26. The Labute approximate surface area is 172 Å². The van der Waals surface area contributed by atoms with Crippen LogP contribution in [0.1, 0.15) is 28.8 Å². The largest absolute Gasteiger partial charge is 0.548 e. The topological polar surface area (TPSA) is 108 Å². The van der Waals surface area contributed by atoms with Gasteiger partial charge in [0, 0.05) is 12.1 Å². The Bertz CT molecular complexity index is 1020. The summed E-state index contributed by atoms with van der Waals surface area (Å²) in [5.41, 5.74) is 0.941. The maximum atomic E-state index is 13.2. The Morgan fingerprint density at radius 2 is 1.83 bits per heavy atom. The second-order valence-electron chi connectivity index (χ2n) is 6.97. The van der Waals surface area contributed by atoms with E-state index in [0.29, 0.717) is 35.5 Å². The molecule has 0 radical (unpaired) electrons. The van der Waals surface area contributed by atoms with Crippen LogP contribution in [0.3, 0.4) is 0 Å². The molecule has 2 heterocycles. The molecule has 1 N–H and O–H groups in total. The number of amides is 2. The Morgan fingerprint density at radius 3 is 2.60 bits per heavy atom. The molecule has 2 aliphatic heterocycles. The number of rotatable bonds is 5. The van der Waals surface area contributed by atoms with E-state index in [-0.39, 0.29) is 19.0 Å². The molecule has 0 aromatic heterocycles. The molecule has 154 valence electrons. The Hall–Kier alpha value is -3.81. The van der Waals surface area contributed by atoms with Crippen molar-refractivity contribution in [1.82, 2.24) is 10.2 Å². The van der Waals surface area contributed by atoms with Crippen molar-refractivity contribution >= 4 is 23.9 Å². The highest BCUT2D eigenvalue weighted by Gasteiger charge is 2.32. The van der Waals surface area contributed by atoms with Gasteiger partial charge in [0.25, 0.3) is 11.8 Å². The maximum Gasteiger partial charge on any atom is 0.270 e. The fraction of sp³-hybridized carbons (Fsp3) is 0.227.